The van der Waals surface area contributed by atoms with Gasteiger partial charge in [0.1, 0.15) is 0 Å². The van der Waals surface area contributed by atoms with E-state index in [0.29, 0.717) is 0 Å². The van der Waals surface area contributed by atoms with Crippen molar-refractivity contribution < 1.29 is 0 Å². The molecule has 1 aliphatic rings. The van der Waals surface area contributed by atoms with Gasteiger partial charge in [0.25, 0.3) is 0 Å². The first-order chi connectivity index (χ1) is 5.38. The molecule has 0 fully saturated rings. The van der Waals surface area contributed by atoms with Crippen LogP contribution in [0.2, 0.25) is 0 Å². The van der Waals surface area contributed by atoms with Gasteiger partial charge in [-0.1, -0.05) is 0 Å². The minimum atomic E-state index is 1.31. The number of hydrogen-bond donors (Lipinski definition) is 0. The molecule has 0 nitrogen and oxygen atoms in total. The second-order valence-electron chi connectivity index (χ2n) is 3.19. The summed E-state index contributed by atoms with van der Waals surface area (Å²) in [5.41, 5.74) is 3.26. The third kappa shape index (κ3) is 1.37. The molecule has 2 rings (SSSR count). The van der Waals surface area contributed by atoms with Crippen LogP contribution < -0.4 is 4.35 Å². The molecule has 0 amide bonds. The Hall–Kier alpha value is -0.222. The first kappa shape index (κ1) is 7.43. The average molecular weight is 208 g/mol. The van der Waals surface area contributed by atoms with Gasteiger partial charge in [0, 0.05) is 0 Å². The Morgan fingerprint density at radius 1 is 1.09 bits per heavy atom. The number of hydrogen-bond acceptors (Lipinski definition) is 0. The molecule has 11 heavy (non-hydrogen) atoms. The maximum atomic E-state index is 2.29. The monoisotopic (exact) mass is 208 g/mol. The van der Waals surface area contributed by atoms with Crippen molar-refractivity contribution in [2.75, 3.05) is 0 Å². The molecule has 0 N–H and O–H groups in total. The molecule has 1 aromatic rings. The van der Waals surface area contributed by atoms with E-state index >= 15 is 0 Å². The zero-order valence-corrected chi connectivity index (χ0v) is 9.06. The second kappa shape index (κ2) is 3.03. The van der Waals surface area contributed by atoms with Crippen LogP contribution in [0.1, 0.15) is 24.0 Å². The topological polar surface area (TPSA) is 0 Å². The minimum absolute atomic E-state index is 1.31. The van der Waals surface area contributed by atoms with Gasteiger partial charge in [-0.3, -0.25) is 0 Å². The summed E-state index contributed by atoms with van der Waals surface area (Å²) in [5.74, 6) is 0. The van der Waals surface area contributed by atoms with Gasteiger partial charge in [-0.25, -0.2) is 0 Å². The van der Waals surface area contributed by atoms with Crippen LogP contribution in [0.25, 0.3) is 0 Å². The average Bonchev–Trinajstić information content (AvgIpc) is 2.06. The summed E-state index contributed by atoms with van der Waals surface area (Å²) >= 11 is 1.77. The number of aryl methyl sites for hydroxylation is 1. The van der Waals surface area contributed by atoms with Gasteiger partial charge in [-0.15, -0.1) is 0 Å². The van der Waals surface area contributed by atoms with Crippen LogP contribution in [0.3, 0.4) is 0 Å². The van der Waals surface area contributed by atoms with Gasteiger partial charge in [0.2, 0.25) is 0 Å². The normalized spacial score (nSPS) is 16.1. The van der Waals surface area contributed by atoms with Crippen molar-refractivity contribution in [2.24, 2.45) is 0 Å². The molecule has 1 heteroatoms. The molecule has 0 spiro atoms. The third-order valence-electron chi connectivity index (χ3n) is 2.43. The SMILES string of the molecule is [AsH2]c1cccc2c1CCCC2. The Morgan fingerprint density at radius 3 is 2.73 bits per heavy atom. The van der Waals surface area contributed by atoms with Crippen LogP contribution in [0.4, 0.5) is 0 Å². The van der Waals surface area contributed by atoms with E-state index in [4.69, 9.17) is 0 Å². The van der Waals surface area contributed by atoms with Crippen LogP contribution in [0.15, 0.2) is 18.2 Å². The fraction of sp³-hybridized carbons (Fsp3) is 0.400. The molecule has 1 aromatic carbocycles. The summed E-state index contributed by atoms with van der Waals surface area (Å²) in [6, 6.07) is 6.74. The summed E-state index contributed by atoms with van der Waals surface area (Å²) in [5, 5.41) is 0. The van der Waals surface area contributed by atoms with Gasteiger partial charge in [0.15, 0.2) is 0 Å². The van der Waals surface area contributed by atoms with Crippen molar-refractivity contribution in [1.29, 1.82) is 0 Å². The summed E-state index contributed by atoms with van der Waals surface area (Å²) < 4.78 is 1.55. The molecule has 0 aliphatic heterocycles. The van der Waals surface area contributed by atoms with Crippen LogP contribution in [-0.2, 0) is 12.8 Å². The Kier molecular flexibility index (Phi) is 2.04. The first-order valence-corrected chi connectivity index (χ1v) is 5.45. The van der Waals surface area contributed by atoms with Crippen LogP contribution in [0.5, 0.6) is 0 Å². The molecule has 58 valence electrons. The molecular weight excluding hydrogens is 195 g/mol. The van der Waals surface area contributed by atoms with E-state index in [2.05, 4.69) is 18.2 Å². The fourth-order valence-corrected chi connectivity index (χ4v) is 2.74. The maximum absolute atomic E-state index is 2.29. The molecule has 0 saturated heterocycles. The Bertz CT molecular complexity index is 266. The number of benzene rings is 1. The van der Waals surface area contributed by atoms with Crippen LogP contribution in [-0.4, -0.2) is 16.9 Å². The summed E-state index contributed by atoms with van der Waals surface area (Å²) in [6.07, 6.45) is 5.42. The molecule has 1 atom stereocenters. The molecule has 0 radical (unpaired) electrons. The predicted molar refractivity (Wildman–Crippen MR) is 51.3 cm³/mol. The first-order valence-electron chi connectivity index (χ1n) is 4.24. The predicted octanol–water partition coefficient (Wildman–Crippen LogP) is 0.824. The summed E-state index contributed by atoms with van der Waals surface area (Å²) in [6.45, 7) is 0. The van der Waals surface area contributed by atoms with E-state index in [1.807, 2.05) is 0 Å². The van der Waals surface area contributed by atoms with Crippen LogP contribution in [0, 0.1) is 0 Å². The van der Waals surface area contributed by atoms with Gasteiger partial charge in [0.05, 0.1) is 0 Å². The molecule has 0 saturated carbocycles. The van der Waals surface area contributed by atoms with E-state index in [0.717, 1.165) is 0 Å². The van der Waals surface area contributed by atoms with Crippen molar-refractivity contribution in [2.45, 2.75) is 25.7 Å². The van der Waals surface area contributed by atoms with Crippen LogP contribution >= 0.6 is 0 Å². The van der Waals surface area contributed by atoms with Gasteiger partial charge >= 0.3 is 76.2 Å². The Balaban J connectivity index is 2.49. The second-order valence-corrected chi connectivity index (χ2v) is 4.50. The molecular formula is C10H13As. The van der Waals surface area contributed by atoms with Gasteiger partial charge in [-0.05, 0) is 0 Å². The Morgan fingerprint density at radius 2 is 1.91 bits per heavy atom. The van der Waals surface area contributed by atoms with E-state index in [1.54, 1.807) is 32.3 Å². The number of rotatable bonds is 0. The van der Waals surface area contributed by atoms with E-state index in [9.17, 15) is 0 Å². The quantitative estimate of drug-likeness (QED) is 0.554. The summed E-state index contributed by atoms with van der Waals surface area (Å²) in [4.78, 5) is 0. The van der Waals surface area contributed by atoms with Gasteiger partial charge < -0.3 is 0 Å². The van der Waals surface area contributed by atoms with Crippen molar-refractivity contribution >= 4 is 21.2 Å². The van der Waals surface area contributed by atoms with E-state index in [1.165, 1.54) is 25.7 Å². The van der Waals surface area contributed by atoms with Crippen molar-refractivity contribution in [3.8, 4) is 0 Å². The van der Waals surface area contributed by atoms with Crippen molar-refractivity contribution in [1.82, 2.24) is 0 Å². The molecule has 1 unspecified atom stereocenters. The third-order valence-corrected chi connectivity index (χ3v) is 3.57. The zero-order chi connectivity index (χ0) is 7.68. The standard InChI is InChI=1S/C10H13As/c11-10-7-3-5-8-4-1-2-6-9(8)10/h3,5,7H,1-2,4,6,11H2. The van der Waals surface area contributed by atoms with Crippen molar-refractivity contribution in [3.63, 3.8) is 0 Å². The van der Waals surface area contributed by atoms with E-state index in [-0.39, 0.29) is 0 Å². The molecule has 0 aromatic heterocycles. The molecule has 1 aliphatic carbocycles. The number of fused-ring (bicyclic) bond motifs is 1. The molecule has 0 heterocycles. The molecule has 0 bridgehead atoms. The zero-order valence-electron chi connectivity index (χ0n) is 6.64. The van der Waals surface area contributed by atoms with E-state index < -0.39 is 0 Å². The summed E-state index contributed by atoms with van der Waals surface area (Å²) in [7, 11) is 0. The Labute approximate surface area is 76.5 Å². The van der Waals surface area contributed by atoms with Gasteiger partial charge in [-0.2, -0.15) is 0 Å². The van der Waals surface area contributed by atoms with Crippen molar-refractivity contribution in [3.05, 3.63) is 29.3 Å². The fourth-order valence-electron chi connectivity index (χ4n) is 1.81.